The number of ether oxygens (including phenoxy) is 1. The molecule has 2 heterocycles. The normalized spacial score (nSPS) is 15.1. The van der Waals surface area contributed by atoms with E-state index in [9.17, 15) is 9.59 Å². The molecule has 27 heavy (non-hydrogen) atoms. The van der Waals surface area contributed by atoms with Crippen molar-refractivity contribution in [1.29, 1.82) is 0 Å². The van der Waals surface area contributed by atoms with E-state index >= 15 is 0 Å². The van der Waals surface area contributed by atoms with Crippen molar-refractivity contribution >= 4 is 22.5 Å². The monoisotopic (exact) mass is 362 g/mol. The number of anilines is 1. The van der Waals surface area contributed by atoms with Gasteiger partial charge in [0.25, 0.3) is 5.91 Å². The van der Waals surface area contributed by atoms with E-state index in [1.165, 1.54) is 0 Å². The van der Waals surface area contributed by atoms with Crippen LogP contribution in [0.15, 0.2) is 53.5 Å². The first-order chi connectivity index (χ1) is 12.8. The number of para-hydroxylation sites is 1. The molecule has 0 fully saturated rings. The molecule has 1 N–H and O–H groups in total. The number of aromatic nitrogens is 1. The van der Waals surface area contributed by atoms with Crippen LogP contribution in [0, 0.1) is 0 Å². The van der Waals surface area contributed by atoms with E-state index in [4.69, 9.17) is 4.74 Å². The number of carbonyl (C=O) groups is 1. The highest BCUT2D eigenvalue weighted by Gasteiger charge is 2.27. The Morgan fingerprint density at radius 3 is 2.78 bits per heavy atom. The van der Waals surface area contributed by atoms with Gasteiger partial charge in [-0.2, -0.15) is 0 Å². The summed E-state index contributed by atoms with van der Waals surface area (Å²) in [4.78, 5) is 25.4. The molecule has 0 saturated heterocycles. The standard InChI is InChI=1S/C22H22N2O3/c1-22(2)11-10-14-12-15(8-9-19(14)27-22)21(26)23-17-13-24(3)18-7-5-4-6-16(18)20(17)25/h4-9,12-13H,10-11H2,1-3H3,(H,23,26). The van der Waals surface area contributed by atoms with Crippen molar-refractivity contribution in [2.75, 3.05) is 5.32 Å². The van der Waals surface area contributed by atoms with Crippen LogP contribution in [0.3, 0.4) is 0 Å². The van der Waals surface area contributed by atoms with E-state index in [2.05, 4.69) is 19.2 Å². The maximum absolute atomic E-state index is 12.7. The van der Waals surface area contributed by atoms with E-state index in [1.54, 1.807) is 18.3 Å². The highest BCUT2D eigenvalue weighted by molar-refractivity contribution is 6.05. The summed E-state index contributed by atoms with van der Waals surface area (Å²) in [6.07, 6.45) is 3.42. The van der Waals surface area contributed by atoms with E-state index in [-0.39, 0.29) is 22.6 Å². The molecule has 0 spiro atoms. The Morgan fingerprint density at radius 2 is 1.96 bits per heavy atom. The third kappa shape index (κ3) is 3.21. The topological polar surface area (TPSA) is 60.3 Å². The number of pyridine rings is 1. The van der Waals surface area contributed by atoms with Crippen LogP contribution in [0.4, 0.5) is 5.69 Å². The van der Waals surface area contributed by atoms with Crippen molar-refractivity contribution in [3.8, 4) is 5.75 Å². The second kappa shape index (κ2) is 6.27. The number of nitrogens with one attached hydrogen (secondary N) is 1. The van der Waals surface area contributed by atoms with E-state index in [0.717, 1.165) is 29.7 Å². The Morgan fingerprint density at radius 1 is 1.19 bits per heavy atom. The van der Waals surface area contributed by atoms with Gasteiger partial charge in [0.2, 0.25) is 5.43 Å². The third-order valence-electron chi connectivity index (χ3n) is 5.05. The molecule has 3 aromatic rings. The predicted octanol–water partition coefficient (Wildman–Crippen LogP) is 3.89. The Kier molecular flexibility index (Phi) is 4.02. The molecule has 1 aliphatic rings. The van der Waals surface area contributed by atoms with Crippen molar-refractivity contribution in [2.45, 2.75) is 32.3 Å². The van der Waals surface area contributed by atoms with Gasteiger partial charge in [-0.05, 0) is 62.6 Å². The maximum atomic E-state index is 12.7. The smallest absolute Gasteiger partial charge is 0.255 e. The SMILES string of the molecule is Cn1cc(NC(=O)c2ccc3c(c2)CCC(C)(C)O3)c(=O)c2ccccc21. The number of aryl methyl sites for hydroxylation is 2. The van der Waals surface area contributed by atoms with Gasteiger partial charge in [-0.25, -0.2) is 0 Å². The third-order valence-corrected chi connectivity index (χ3v) is 5.05. The van der Waals surface area contributed by atoms with Crippen LogP contribution in [0.25, 0.3) is 10.9 Å². The largest absolute Gasteiger partial charge is 0.488 e. The van der Waals surface area contributed by atoms with Crippen LogP contribution < -0.4 is 15.5 Å². The van der Waals surface area contributed by atoms with Gasteiger partial charge in [-0.3, -0.25) is 9.59 Å². The van der Waals surface area contributed by atoms with Gasteiger partial charge in [-0.1, -0.05) is 12.1 Å². The van der Waals surface area contributed by atoms with Crippen molar-refractivity contribution in [3.05, 3.63) is 70.0 Å². The van der Waals surface area contributed by atoms with Crippen LogP contribution in [0.1, 0.15) is 36.2 Å². The minimum Gasteiger partial charge on any atom is -0.488 e. The van der Waals surface area contributed by atoms with Crippen molar-refractivity contribution in [1.82, 2.24) is 4.57 Å². The lowest BCUT2D eigenvalue weighted by atomic mass is 9.93. The van der Waals surface area contributed by atoms with Gasteiger partial charge in [0.1, 0.15) is 17.0 Å². The van der Waals surface area contributed by atoms with Gasteiger partial charge in [0, 0.05) is 24.2 Å². The molecule has 0 aliphatic carbocycles. The first-order valence-corrected chi connectivity index (χ1v) is 9.06. The van der Waals surface area contributed by atoms with Gasteiger partial charge in [-0.15, -0.1) is 0 Å². The molecule has 1 aliphatic heterocycles. The summed E-state index contributed by atoms with van der Waals surface area (Å²) in [6.45, 7) is 4.12. The molecule has 0 saturated carbocycles. The maximum Gasteiger partial charge on any atom is 0.255 e. The molecule has 0 bridgehead atoms. The summed E-state index contributed by atoms with van der Waals surface area (Å²) in [6, 6.07) is 12.8. The number of benzene rings is 2. The summed E-state index contributed by atoms with van der Waals surface area (Å²) in [5, 5.41) is 3.35. The van der Waals surface area contributed by atoms with E-state index in [1.807, 2.05) is 41.9 Å². The number of rotatable bonds is 2. The molecule has 0 radical (unpaired) electrons. The molecular weight excluding hydrogens is 340 g/mol. The fourth-order valence-electron chi connectivity index (χ4n) is 3.52. The number of amides is 1. The predicted molar refractivity (Wildman–Crippen MR) is 107 cm³/mol. The Bertz CT molecular complexity index is 1110. The summed E-state index contributed by atoms with van der Waals surface area (Å²) < 4.78 is 7.81. The molecule has 138 valence electrons. The molecule has 0 unspecified atom stereocenters. The number of carbonyl (C=O) groups excluding carboxylic acids is 1. The van der Waals surface area contributed by atoms with E-state index in [0.29, 0.717) is 10.9 Å². The van der Waals surface area contributed by atoms with Crippen LogP contribution >= 0.6 is 0 Å². The quantitative estimate of drug-likeness (QED) is 0.752. The van der Waals surface area contributed by atoms with Crippen molar-refractivity contribution in [3.63, 3.8) is 0 Å². The number of nitrogens with zero attached hydrogens (tertiary/aromatic N) is 1. The number of hydrogen-bond acceptors (Lipinski definition) is 3. The Labute approximate surface area is 157 Å². The highest BCUT2D eigenvalue weighted by atomic mass is 16.5. The first-order valence-electron chi connectivity index (χ1n) is 9.06. The molecule has 1 amide bonds. The van der Waals surface area contributed by atoms with Crippen LogP contribution in [-0.4, -0.2) is 16.1 Å². The average molecular weight is 362 g/mol. The average Bonchev–Trinajstić information content (AvgIpc) is 2.65. The molecule has 1 aromatic heterocycles. The van der Waals surface area contributed by atoms with Crippen LogP contribution in [0.5, 0.6) is 5.75 Å². The van der Waals surface area contributed by atoms with Crippen molar-refractivity contribution in [2.24, 2.45) is 7.05 Å². The summed E-state index contributed by atoms with van der Waals surface area (Å²) >= 11 is 0. The first kappa shape index (κ1) is 17.3. The lowest BCUT2D eigenvalue weighted by Crippen LogP contribution is -2.32. The zero-order valence-electron chi connectivity index (χ0n) is 15.7. The molecule has 5 nitrogen and oxygen atoms in total. The zero-order valence-corrected chi connectivity index (χ0v) is 15.7. The summed E-state index contributed by atoms with van der Waals surface area (Å²) in [5.74, 6) is 0.527. The second-order valence-corrected chi connectivity index (χ2v) is 7.64. The zero-order chi connectivity index (χ0) is 19.2. The van der Waals surface area contributed by atoms with E-state index < -0.39 is 0 Å². The summed E-state index contributed by atoms with van der Waals surface area (Å²) in [5.41, 5.74) is 2.28. The Balaban J connectivity index is 1.65. The molecule has 4 rings (SSSR count). The van der Waals surface area contributed by atoms with Crippen molar-refractivity contribution < 1.29 is 9.53 Å². The number of hydrogen-bond donors (Lipinski definition) is 1. The van der Waals surface area contributed by atoms with Crippen LogP contribution in [0.2, 0.25) is 0 Å². The van der Waals surface area contributed by atoms with Gasteiger partial charge in [0.15, 0.2) is 0 Å². The number of fused-ring (bicyclic) bond motifs is 2. The fourth-order valence-corrected chi connectivity index (χ4v) is 3.52. The lowest BCUT2D eigenvalue weighted by Gasteiger charge is -2.32. The minimum atomic E-state index is -0.296. The van der Waals surface area contributed by atoms with Crippen LogP contribution in [-0.2, 0) is 13.5 Å². The molecule has 2 aromatic carbocycles. The summed E-state index contributed by atoms with van der Waals surface area (Å²) in [7, 11) is 1.86. The highest BCUT2D eigenvalue weighted by Crippen LogP contribution is 2.33. The van der Waals surface area contributed by atoms with Gasteiger partial charge >= 0.3 is 0 Å². The molecular formula is C22H22N2O3. The minimum absolute atomic E-state index is 0.180. The van der Waals surface area contributed by atoms with Gasteiger partial charge in [0.05, 0.1) is 5.52 Å². The molecule has 0 atom stereocenters. The Hall–Kier alpha value is -3.08. The van der Waals surface area contributed by atoms with Gasteiger partial charge < -0.3 is 14.6 Å². The molecule has 5 heteroatoms. The lowest BCUT2D eigenvalue weighted by molar-refractivity contribution is 0.0846. The fraction of sp³-hybridized carbons (Fsp3) is 0.273. The second-order valence-electron chi connectivity index (χ2n) is 7.64.